The van der Waals surface area contributed by atoms with E-state index in [0.29, 0.717) is 12.1 Å². The molecule has 0 spiro atoms. The van der Waals surface area contributed by atoms with E-state index in [1.165, 1.54) is 0 Å². The molecule has 0 aliphatic carbocycles. The molecule has 1 aliphatic rings. The topological polar surface area (TPSA) is 84.2 Å². The number of carboxylic acid groups (broad SMARTS) is 1. The Kier molecular flexibility index (Phi) is 4.19. The first-order chi connectivity index (χ1) is 9.08. The fourth-order valence-electron chi connectivity index (χ4n) is 2.34. The Morgan fingerprint density at radius 1 is 1.53 bits per heavy atom. The van der Waals surface area contributed by atoms with Gasteiger partial charge in [0.15, 0.2) is 0 Å². The van der Waals surface area contributed by atoms with Crippen LogP contribution in [0.5, 0.6) is 0 Å². The molecule has 6 nitrogen and oxygen atoms in total. The summed E-state index contributed by atoms with van der Waals surface area (Å²) in [5, 5.41) is 15.7. The highest BCUT2D eigenvalue weighted by Crippen LogP contribution is 2.17. The molecular weight excluding hydrogens is 246 g/mol. The van der Waals surface area contributed by atoms with Crippen LogP contribution in [0.25, 0.3) is 0 Å². The molecule has 1 atom stereocenters. The van der Waals surface area contributed by atoms with E-state index in [-0.39, 0.29) is 18.2 Å². The third kappa shape index (κ3) is 3.33. The third-order valence-corrected chi connectivity index (χ3v) is 3.36. The zero-order valence-electron chi connectivity index (χ0n) is 11.1. The standard InChI is InChI=1S/C13H19N3O3/c1-9(6-12(17)18)7-14-13(19)10-8-15-16-5-3-2-4-11(10)16/h8-9H,2-7H2,1H3,(H,14,19)(H,17,18). The number of hydrogen-bond donors (Lipinski definition) is 2. The van der Waals surface area contributed by atoms with Crippen molar-refractivity contribution in [2.45, 2.75) is 39.2 Å². The fourth-order valence-corrected chi connectivity index (χ4v) is 2.34. The summed E-state index contributed by atoms with van der Waals surface area (Å²) in [6, 6.07) is 0. The fraction of sp³-hybridized carbons (Fsp3) is 0.615. The van der Waals surface area contributed by atoms with Gasteiger partial charge in [-0.3, -0.25) is 14.3 Å². The lowest BCUT2D eigenvalue weighted by Gasteiger charge is -2.15. The molecule has 0 saturated heterocycles. The molecule has 19 heavy (non-hydrogen) atoms. The third-order valence-electron chi connectivity index (χ3n) is 3.36. The van der Waals surface area contributed by atoms with Crippen molar-refractivity contribution in [3.8, 4) is 0 Å². The maximum Gasteiger partial charge on any atom is 0.303 e. The van der Waals surface area contributed by atoms with Gasteiger partial charge in [-0.15, -0.1) is 0 Å². The van der Waals surface area contributed by atoms with Gasteiger partial charge in [0.05, 0.1) is 17.5 Å². The first kappa shape index (κ1) is 13.6. The highest BCUT2D eigenvalue weighted by atomic mass is 16.4. The van der Waals surface area contributed by atoms with Gasteiger partial charge in [-0.1, -0.05) is 6.92 Å². The summed E-state index contributed by atoms with van der Waals surface area (Å²) < 4.78 is 1.89. The van der Waals surface area contributed by atoms with E-state index < -0.39 is 5.97 Å². The van der Waals surface area contributed by atoms with Crippen LogP contribution in [0.2, 0.25) is 0 Å². The van der Waals surface area contributed by atoms with Crippen LogP contribution in [0.4, 0.5) is 0 Å². The Hall–Kier alpha value is -1.85. The van der Waals surface area contributed by atoms with Crippen molar-refractivity contribution in [3.05, 3.63) is 17.5 Å². The molecule has 1 unspecified atom stereocenters. The van der Waals surface area contributed by atoms with Crippen molar-refractivity contribution in [1.29, 1.82) is 0 Å². The van der Waals surface area contributed by atoms with Crippen molar-refractivity contribution in [2.75, 3.05) is 6.54 Å². The van der Waals surface area contributed by atoms with Crippen molar-refractivity contribution in [2.24, 2.45) is 5.92 Å². The van der Waals surface area contributed by atoms with Gasteiger partial charge >= 0.3 is 5.97 Å². The van der Waals surface area contributed by atoms with E-state index in [9.17, 15) is 9.59 Å². The highest BCUT2D eigenvalue weighted by molar-refractivity contribution is 5.95. The molecule has 1 amide bonds. The van der Waals surface area contributed by atoms with Crippen molar-refractivity contribution in [1.82, 2.24) is 15.1 Å². The number of aromatic nitrogens is 2. The number of aryl methyl sites for hydroxylation is 1. The molecule has 2 rings (SSSR count). The highest BCUT2D eigenvalue weighted by Gasteiger charge is 2.20. The van der Waals surface area contributed by atoms with Crippen LogP contribution in [-0.4, -0.2) is 33.3 Å². The molecule has 2 N–H and O–H groups in total. The van der Waals surface area contributed by atoms with E-state index in [2.05, 4.69) is 10.4 Å². The first-order valence-electron chi connectivity index (χ1n) is 6.62. The number of carbonyl (C=O) groups excluding carboxylic acids is 1. The lowest BCUT2D eigenvalue weighted by Crippen LogP contribution is -2.30. The van der Waals surface area contributed by atoms with E-state index >= 15 is 0 Å². The lowest BCUT2D eigenvalue weighted by atomic mass is 10.1. The number of fused-ring (bicyclic) bond motifs is 1. The Balaban J connectivity index is 1.93. The molecule has 0 bridgehead atoms. The van der Waals surface area contributed by atoms with Crippen LogP contribution < -0.4 is 5.32 Å². The molecule has 0 fully saturated rings. The number of carboxylic acids is 1. The predicted molar refractivity (Wildman–Crippen MR) is 68.9 cm³/mol. The summed E-state index contributed by atoms with van der Waals surface area (Å²) in [5.74, 6) is -1.07. The number of hydrogen-bond acceptors (Lipinski definition) is 3. The summed E-state index contributed by atoms with van der Waals surface area (Å²) in [4.78, 5) is 22.6. The second-order valence-electron chi connectivity index (χ2n) is 5.10. The van der Waals surface area contributed by atoms with Gasteiger partial charge in [0.25, 0.3) is 5.91 Å². The maximum absolute atomic E-state index is 12.1. The minimum absolute atomic E-state index is 0.0619. The number of amides is 1. The van der Waals surface area contributed by atoms with E-state index in [0.717, 1.165) is 31.5 Å². The zero-order chi connectivity index (χ0) is 13.8. The SMILES string of the molecule is CC(CNC(=O)c1cnn2c1CCCC2)CC(=O)O. The summed E-state index contributed by atoms with van der Waals surface area (Å²) in [5.41, 5.74) is 1.62. The Bertz CT molecular complexity index is 481. The van der Waals surface area contributed by atoms with Crippen LogP contribution in [0.15, 0.2) is 6.20 Å². The summed E-state index contributed by atoms with van der Waals surface area (Å²) in [6.07, 6.45) is 4.74. The first-order valence-corrected chi connectivity index (χ1v) is 6.62. The molecule has 0 saturated carbocycles. The van der Waals surface area contributed by atoms with Gasteiger partial charge in [-0.25, -0.2) is 0 Å². The van der Waals surface area contributed by atoms with Crippen molar-refractivity contribution in [3.63, 3.8) is 0 Å². The summed E-state index contributed by atoms with van der Waals surface area (Å²) in [7, 11) is 0. The molecule has 0 radical (unpaired) electrons. The normalized spacial score (nSPS) is 15.6. The lowest BCUT2D eigenvalue weighted by molar-refractivity contribution is -0.137. The van der Waals surface area contributed by atoms with Gasteiger partial charge < -0.3 is 10.4 Å². The minimum Gasteiger partial charge on any atom is -0.481 e. The zero-order valence-corrected chi connectivity index (χ0v) is 11.1. The van der Waals surface area contributed by atoms with Gasteiger partial charge in [0, 0.05) is 19.5 Å². The summed E-state index contributed by atoms with van der Waals surface area (Å²) >= 11 is 0. The number of carbonyl (C=O) groups is 2. The van der Waals surface area contributed by atoms with E-state index in [4.69, 9.17) is 5.11 Å². The largest absolute Gasteiger partial charge is 0.481 e. The molecular formula is C13H19N3O3. The van der Waals surface area contributed by atoms with Crippen LogP contribution in [0, 0.1) is 5.92 Å². The average Bonchev–Trinajstić information content (AvgIpc) is 2.79. The molecule has 0 aromatic carbocycles. The van der Waals surface area contributed by atoms with E-state index in [1.807, 2.05) is 11.6 Å². The molecule has 2 heterocycles. The minimum atomic E-state index is -0.843. The van der Waals surface area contributed by atoms with Crippen LogP contribution in [0.3, 0.4) is 0 Å². The smallest absolute Gasteiger partial charge is 0.303 e. The Morgan fingerprint density at radius 2 is 2.32 bits per heavy atom. The van der Waals surface area contributed by atoms with E-state index in [1.54, 1.807) is 6.20 Å². The average molecular weight is 265 g/mol. The van der Waals surface area contributed by atoms with Gasteiger partial charge in [-0.2, -0.15) is 5.10 Å². The monoisotopic (exact) mass is 265 g/mol. The van der Waals surface area contributed by atoms with Gasteiger partial charge in [0.1, 0.15) is 0 Å². The second kappa shape index (κ2) is 5.86. The van der Waals surface area contributed by atoms with Crippen LogP contribution in [0.1, 0.15) is 42.2 Å². The van der Waals surface area contributed by atoms with Crippen molar-refractivity contribution < 1.29 is 14.7 Å². The maximum atomic E-state index is 12.1. The molecule has 104 valence electrons. The van der Waals surface area contributed by atoms with Crippen LogP contribution in [-0.2, 0) is 17.8 Å². The molecule has 6 heteroatoms. The number of rotatable bonds is 5. The number of nitrogens with zero attached hydrogens (tertiary/aromatic N) is 2. The predicted octanol–water partition coefficient (Wildman–Crippen LogP) is 1.06. The van der Waals surface area contributed by atoms with Crippen molar-refractivity contribution >= 4 is 11.9 Å². The van der Waals surface area contributed by atoms with Gasteiger partial charge in [0.2, 0.25) is 0 Å². The molecule has 1 aromatic heterocycles. The Labute approximate surface area is 111 Å². The summed E-state index contributed by atoms with van der Waals surface area (Å²) in [6.45, 7) is 3.05. The molecule has 1 aliphatic heterocycles. The molecule has 1 aromatic rings. The second-order valence-corrected chi connectivity index (χ2v) is 5.10. The number of nitrogens with one attached hydrogen (secondary N) is 1. The Morgan fingerprint density at radius 3 is 3.05 bits per heavy atom. The van der Waals surface area contributed by atoms with Gasteiger partial charge in [-0.05, 0) is 25.2 Å². The number of aliphatic carboxylic acids is 1. The quantitative estimate of drug-likeness (QED) is 0.833. The van der Waals surface area contributed by atoms with Crippen LogP contribution >= 0.6 is 0 Å².